The van der Waals surface area contributed by atoms with E-state index in [1.807, 2.05) is 0 Å². The first kappa shape index (κ1) is 12.8. The van der Waals surface area contributed by atoms with Gasteiger partial charge in [0, 0.05) is 0 Å². The molecule has 0 radical (unpaired) electrons. The minimum absolute atomic E-state index is 0.270. The Hall–Kier alpha value is -1.23. The summed E-state index contributed by atoms with van der Waals surface area (Å²) in [6, 6.07) is 6.46. The fourth-order valence-electron chi connectivity index (χ4n) is 1.31. The summed E-state index contributed by atoms with van der Waals surface area (Å²) in [4.78, 5) is 0. The van der Waals surface area contributed by atoms with Crippen molar-refractivity contribution in [3.05, 3.63) is 29.8 Å². The summed E-state index contributed by atoms with van der Waals surface area (Å²) in [6.07, 6.45) is -4.69. The second kappa shape index (κ2) is 4.33. The largest absolute Gasteiger partial charge is 0.497 e. The predicted molar refractivity (Wildman–Crippen MR) is 55.3 cm³/mol. The highest BCUT2D eigenvalue weighted by Gasteiger charge is 2.47. The van der Waals surface area contributed by atoms with Crippen LogP contribution < -0.4 is 10.5 Å². The van der Waals surface area contributed by atoms with Crippen LogP contribution in [0, 0.1) is 0 Å². The number of rotatable bonds is 3. The van der Waals surface area contributed by atoms with E-state index in [9.17, 15) is 13.2 Å². The van der Waals surface area contributed by atoms with E-state index in [1.165, 1.54) is 7.11 Å². The van der Waals surface area contributed by atoms with Gasteiger partial charge in [-0.15, -0.1) is 0 Å². The molecular formula is C11H14F3NO. The third-order valence-electron chi connectivity index (χ3n) is 2.35. The highest BCUT2D eigenvalue weighted by Crippen LogP contribution is 2.31. The Labute approximate surface area is 92.2 Å². The second-order valence-electron chi connectivity index (χ2n) is 3.94. The van der Waals surface area contributed by atoms with Crippen LogP contribution in [0.3, 0.4) is 0 Å². The molecule has 0 bridgehead atoms. The van der Waals surface area contributed by atoms with E-state index in [0.29, 0.717) is 11.3 Å². The van der Waals surface area contributed by atoms with Crippen LogP contribution in [0.1, 0.15) is 12.5 Å². The fourth-order valence-corrected chi connectivity index (χ4v) is 1.31. The van der Waals surface area contributed by atoms with Crippen LogP contribution in [0.25, 0.3) is 0 Å². The lowest BCUT2D eigenvalue weighted by molar-refractivity contribution is -0.180. The third kappa shape index (κ3) is 2.88. The third-order valence-corrected chi connectivity index (χ3v) is 2.35. The van der Waals surface area contributed by atoms with E-state index >= 15 is 0 Å². The average molecular weight is 233 g/mol. The summed E-state index contributed by atoms with van der Waals surface area (Å²) in [5, 5.41) is 0. The van der Waals surface area contributed by atoms with Crippen molar-refractivity contribution in [1.29, 1.82) is 0 Å². The van der Waals surface area contributed by atoms with Crippen LogP contribution in [-0.2, 0) is 6.42 Å². The van der Waals surface area contributed by atoms with E-state index in [4.69, 9.17) is 10.5 Å². The molecule has 1 atom stereocenters. The van der Waals surface area contributed by atoms with Gasteiger partial charge in [0.2, 0.25) is 0 Å². The van der Waals surface area contributed by atoms with Gasteiger partial charge < -0.3 is 10.5 Å². The SMILES string of the molecule is COc1cccc(CC(C)(N)C(F)(F)F)c1. The molecule has 16 heavy (non-hydrogen) atoms. The minimum atomic E-state index is -4.42. The monoisotopic (exact) mass is 233 g/mol. The molecular weight excluding hydrogens is 219 g/mol. The molecule has 0 aromatic heterocycles. The number of hydrogen-bond donors (Lipinski definition) is 1. The Morgan fingerprint density at radius 3 is 2.44 bits per heavy atom. The molecule has 1 aromatic rings. The lowest BCUT2D eigenvalue weighted by atomic mass is 9.93. The molecule has 1 aromatic carbocycles. The number of hydrogen-bond acceptors (Lipinski definition) is 2. The second-order valence-corrected chi connectivity index (χ2v) is 3.94. The first-order chi connectivity index (χ1) is 7.26. The molecule has 2 N–H and O–H groups in total. The van der Waals surface area contributed by atoms with Gasteiger partial charge in [-0.2, -0.15) is 13.2 Å². The summed E-state index contributed by atoms with van der Waals surface area (Å²) in [5.74, 6) is 0.524. The van der Waals surface area contributed by atoms with Crippen molar-refractivity contribution in [2.75, 3.05) is 7.11 Å². The van der Waals surface area contributed by atoms with Gasteiger partial charge in [-0.05, 0) is 31.0 Å². The van der Waals surface area contributed by atoms with Gasteiger partial charge >= 0.3 is 6.18 Å². The maximum Gasteiger partial charge on any atom is 0.406 e. The normalized spacial score (nSPS) is 15.6. The Bertz CT molecular complexity index is 360. The van der Waals surface area contributed by atoms with Crippen LogP contribution >= 0.6 is 0 Å². The summed E-state index contributed by atoms with van der Waals surface area (Å²) in [6.45, 7) is 0.979. The molecule has 0 fully saturated rings. The van der Waals surface area contributed by atoms with Crippen molar-refractivity contribution in [3.8, 4) is 5.75 Å². The van der Waals surface area contributed by atoms with Gasteiger partial charge in [-0.3, -0.25) is 0 Å². The van der Waals surface area contributed by atoms with Crippen LogP contribution in [0.2, 0.25) is 0 Å². The van der Waals surface area contributed by atoms with Crippen LogP contribution in [0.4, 0.5) is 13.2 Å². The molecule has 5 heteroatoms. The molecule has 0 heterocycles. The molecule has 0 saturated heterocycles. The Balaban J connectivity index is 2.88. The minimum Gasteiger partial charge on any atom is -0.497 e. The fraction of sp³-hybridized carbons (Fsp3) is 0.455. The standard InChI is InChI=1S/C11H14F3NO/c1-10(15,11(12,13)14)7-8-4-3-5-9(6-8)16-2/h3-6H,7,15H2,1-2H3. The van der Waals surface area contributed by atoms with E-state index < -0.39 is 11.7 Å². The van der Waals surface area contributed by atoms with E-state index in [0.717, 1.165) is 6.92 Å². The summed E-state index contributed by atoms with van der Waals surface area (Å²) >= 11 is 0. The number of alkyl halides is 3. The molecule has 0 amide bonds. The number of methoxy groups -OCH3 is 1. The lowest BCUT2D eigenvalue weighted by Gasteiger charge is -2.27. The van der Waals surface area contributed by atoms with E-state index in [-0.39, 0.29) is 6.42 Å². The van der Waals surface area contributed by atoms with Gasteiger partial charge in [0.05, 0.1) is 7.11 Å². The first-order valence-electron chi connectivity index (χ1n) is 4.75. The van der Waals surface area contributed by atoms with Crippen molar-refractivity contribution in [2.45, 2.75) is 25.1 Å². The molecule has 0 aliphatic rings. The Morgan fingerprint density at radius 2 is 1.94 bits per heavy atom. The molecule has 1 rings (SSSR count). The van der Waals surface area contributed by atoms with Crippen molar-refractivity contribution >= 4 is 0 Å². The predicted octanol–water partition coefficient (Wildman–Crippen LogP) is 2.52. The number of ether oxygens (including phenoxy) is 1. The maximum absolute atomic E-state index is 12.5. The Kier molecular flexibility index (Phi) is 3.48. The summed E-state index contributed by atoms with van der Waals surface area (Å²) in [7, 11) is 1.46. The van der Waals surface area contributed by atoms with Crippen LogP contribution in [0.5, 0.6) is 5.75 Å². The van der Waals surface area contributed by atoms with Crippen molar-refractivity contribution in [3.63, 3.8) is 0 Å². The summed E-state index contributed by atoms with van der Waals surface area (Å²) < 4.78 is 42.6. The molecule has 1 unspecified atom stereocenters. The molecule has 0 saturated carbocycles. The highest BCUT2D eigenvalue weighted by molar-refractivity contribution is 5.29. The van der Waals surface area contributed by atoms with E-state index in [2.05, 4.69) is 0 Å². The van der Waals surface area contributed by atoms with Crippen molar-refractivity contribution in [2.24, 2.45) is 5.73 Å². The molecule has 0 aliphatic heterocycles. The topological polar surface area (TPSA) is 35.2 Å². The first-order valence-corrected chi connectivity index (χ1v) is 4.75. The maximum atomic E-state index is 12.5. The van der Waals surface area contributed by atoms with Crippen LogP contribution in [0.15, 0.2) is 24.3 Å². The van der Waals surface area contributed by atoms with Gasteiger partial charge in [-0.1, -0.05) is 12.1 Å². The number of benzene rings is 1. The quantitative estimate of drug-likeness (QED) is 0.870. The van der Waals surface area contributed by atoms with Crippen LogP contribution in [-0.4, -0.2) is 18.8 Å². The molecule has 90 valence electrons. The van der Waals surface area contributed by atoms with Crippen molar-refractivity contribution in [1.82, 2.24) is 0 Å². The lowest BCUT2D eigenvalue weighted by Crippen LogP contribution is -2.52. The van der Waals surface area contributed by atoms with Gasteiger partial charge in [-0.25, -0.2) is 0 Å². The highest BCUT2D eigenvalue weighted by atomic mass is 19.4. The van der Waals surface area contributed by atoms with Gasteiger partial charge in [0.25, 0.3) is 0 Å². The van der Waals surface area contributed by atoms with Gasteiger partial charge in [0.15, 0.2) is 0 Å². The zero-order valence-electron chi connectivity index (χ0n) is 9.14. The molecule has 0 spiro atoms. The zero-order valence-corrected chi connectivity index (χ0v) is 9.14. The number of halogens is 3. The smallest absolute Gasteiger partial charge is 0.406 e. The molecule has 0 aliphatic carbocycles. The number of nitrogens with two attached hydrogens (primary N) is 1. The van der Waals surface area contributed by atoms with Crippen molar-refractivity contribution < 1.29 is 17.9 Å². The van der Waals surface area contributed by atoms with Gasteiger partial charge in [0.1, 0.15) is 11.3 Å². The van der Waals surface area contributed by atoms with E-state index in [1.54, 1.807) is 24.3 Å². The average Bonchev–Trinajstić information content (AvgIpc) is 2.15. The Morgan fingerprint density at radius 1 is 1.31 bits per heavy atom. The summed E-state index contributed by atoms with van der Waals surface area (Å²) in [5.41, 5.74) is 3.53. The zero-order chi connectivity index (χ0) is 12.4. The molecule has 2 nitrogen and oxygen atoms in total.